The number of ether oxygens (including phenoxy) is 2. The first-order valence-electron chi connectivity index (χ1n) is 12.6. The highest BCUT2D eigenvalue weighted by Crippen LogP contribution is 2.18. The van der Waals surface area contributed by atoms with Crippen LogP contribution < -0.4 is 0 Å². The van der Waals surface area contributed by atoms with Crippen LogP contribution in [0.4, 0.5) is 0 Å². The van der Waals surface area contributed by atoms with Gasteiger partial charge >= 0.3 is 11.9 Å². The molecule has 0 bridgehead atoms. The monoisotopic (exact) mass is 448 g/mol. The summed E-state index contributed by atoms with van der Waals surface area (Å²) in [6, 6.07) is 9.64. The maximum absolute atomic E-state index is 11.5. The zero-order chi connectivity index (χ0) is 23.4. The lowest BCUT2D eigenvalue weighted by Gasteiger charge is -2.17. The van der Waals surface area contributed by atoms with E-state index in [-0.39, 0.29) is 12.1 Å². The number of carbonyl (C=O) groups is 2. The molecule has 2 unspecified atom stereocenters. The second-order valence-electron chi connectivity index (χ2n) is 8.76. The minimum Gasteiger partial charge on any atom is -0.479 e. The zero-order valence-electron chi connectivity index (χ0n) is 20.2. The first-order chi connectivity index (χ1) is 15.5. The van der Waals surface area contributed by atoms with Crippen molar-refractivity contribution in [2.45, 2.75) is 123 Å². The van der Waals surface area contributed by atoms with E-state index in [0.717, 1.165) is 50.5 Å². The molecule has 0 amide bonds. The van der Waals surface area contributed by atoms with Crippen LogP contribution >= 0.6 is 0 Å². The molecule has 0 fully saturated rings. The van der Waals surface area contributed by atoms with Crippen molar-refractivity contribution in [1.29, 1.82) is 0 Å². The Morgan fingerprint density at radius 3 is 1.88 bits per heavy atom. The molecule has 0 aliphatic heterocycles. The Bertz CT molecular complexity index is 601. The van der Waals surface area contributed by atoms with Gasteiger partial charge in [0.2, 0.25) is 0 Å². The standard InChI is InChI=1S/C27H44O5/c1-3-4-5-6-7-8-14-19-25(32-23(2)28)20-15-9-10-16-21-26(27(29)30)31-22-24-17-12-11-13-18-24/h11-13,17-18,25-26H,3-10,14-16,19-22H2,1-2H3,(H,29,30). The van der Waals surface area contributed by atoms with Crippen molar-refractivity contribution in [2.24, 2.45) is 0 Å². The third-order valence-corrected chi connectivity index (χ3v) is 5.77. The van der Waals surface area contributed by atoms with E-state index in [2.05, 4.69) is 6.92 Å². The number of carbonyl (C=O) groups excluding carboxylic acids is 1. The Kier molecular flexibility index (Phi) is 16.4. The predicted molar refractivity (Wildman–Crippen MR) is 129 cm³/mol. The van der Waals surface area contributed by atoms with Crippen molar-refractivity contribution < 1.29 is 24.2 Å². The van der Waals surface area contributed by atoms with Gasteiger partial charge in [0.25, 0.3) is 0 Å². The number of unbranched alkanes of at least 4 members (excludes halogenated alkanes) is 9. The molecule has 0 saturated heterocycles. The van der Waals surface area contributed by atoms with Gasteiger partial charge in [0.1, 0.15) is 6.10 Å². The Labute approximate surface area is 194 Å². The quantitative estimate of drug-likeness (QED) is 0.171. The van der Waals surface area contributed by atoms with E-state index in [0.29, 0.717) is 13.0 Å². The first-order valence-corrected chi connectivity index (χ1v) is 12.6. The molecule has 0 radical (unpaired) electrons. The number of benzene rings is 1. The fourth-order valence-corrected chi connectivity index (χ4v) is 3.93. The van der Waals surface area contributed by atoms with Crippen molar-refractivity contribution in [3.63, 3.8) is 0 Å². The fraction of sp³-hybridized carbons (Fsp3) is 0.704. The van der Waals surface area contributed by atoms with Gasteiger partial charge in [0, 0.05) is 6.92 Å². The number of rotatable bonds is 20. The van der Waals surface area contributed by atoms with E-state index < -0.39 is 12.1 Å². The molecule has 1 aromatic carbocycles. The summed E-state index contributed by atoms with van der Waals surface area (Å²) in [7, 11) is 0. The van der Waals surface area contributed by atoms with Crippen LogP contribution in [-0.4, -0.2) is 29.3 Å². The number of aliphatic carboxylic acids is 1. The van der Waals surface area contributed by atoms with Gasteiger partial charge < -0.3 is 14.6 Å². The van der Waals surface area contributed by atoms with Gasteiger partial charge in [0.05, 0.1) is 6.61 Å². The summed E-state index contributed by atoms with van der Waals surface area (Å²) in [5.74, 6) is -1.09. The normalized spacial score (nSPS) is 12.9. The topological polar surface area (TPSA) is 72.8 Å². The van der Waals surface area contributed by atoms with Crippen LogP contribution in [0.3, 0.4) is 0 Å². The lowest BCUT2D eigenvalue weighted by Crippen LogP contribution is -2.23. The highest BCUT2D eigenvalue weighted by molar-refractivity contribution is 5.72. The SMILES string of the molecule is CCCCCCCCCC(CCCCCCC(OCc1ccccc1)C(=O)O)OC(C)=O. The number of hydrogen-bond donors (Lipinski definition) is 1. The molecule has 2 atom stereocenters. The molecule has 0 aliphatic rings. The van der Waals surface area contributed by atoms with Crippen LogP contribution in [0.2, 0.25) is 0 Å². The maximum Gasteiger partial charge on any atom is 0.332 e. The van der Waals surface area contributed by atoms with Crippen molar-refractivity contribution in [3.05, 3.63) is 35.9 Å². The maximum atomic E-state index is 11.5. The van der Waals surface area contributed by atoms with Gasteiger partial charge in [-0.3, -0.25) is 4.79 Å². The van der Waals surface area contributed by atoms with Crippen LogP contribution in [0.1, 0.15) is 109 Å². The average Bonchev–Trinajstić information content (AvgIpc) is 2.77. The lowest BCUT2D eigenvalue weighted by molar-refractivity contribution is -0.151. The molecule has 1 N–H and O–H groups in total. The van der Waals surface area contributed by atoms with Crippen molar-refractivity contribution in [2.75, 3.05) is 0 Å². The van der Waals surface area contributed by atoms with E-state index in [1.807, 2.05) is 30.3 Å². The number of hydrogen-bond acceptors (Lipinski definition) is 4. The smallest absolute Gasteiger partial charge is 0.332 e. The van der Waals surface area contributed by atoms with E-state index in [4.69, 9.17) is 9.47 Å². The van der Waals surface area contributed by atoms with Gasteiger partial charge in [-0.25, -0.2) is 4.79 Å². The highest BCUT2D eigenvalue weighted by atomic mass is 16.5. The van der Waals surface area contributed by atoms with Crippen LogP contribution in [0.25, 0.3) is 0 Å². The molecule has 5 nitrogen and oxygen atoms in total. The van der Waals surface area contributed by atoms with Crippen LogP contribution in [0, 0.1) is 0 Å². The summed E-state index contributed by atoms with van der Waals surface area (Å²) in [6.07, 6.45) is 14.2. The van der Waals surface area contributed by atoms with Crippen LogP contribution in [0.5, 0.6) is 0 Å². The molecule has 0 aliphatic carbocycles. The van der Waals surface area contributed by atoms with Crippen molar-refractivity contribution in [1.82, 2.24) is 0 Å². The predicted octanol–water partition coefficient (Wildman–Crippen LogP) is 7.07. The van der Waals surface area contributed by atoms with Crippen molar-refractivity contribution >= 4 is 11.9 Å². The summed E-state index contributed by atoms with van der Waals surface area (Å²) < 4.78 is 11.1. The fourth-order valence-electron chi connectivity index (χ4n) is 3.93. The molecule has 0 spiro atoms. The van der Waals surface area contributed by atoms with Gasteiger partial charge in [-0.2, -0.15) is 0 Å². The Hall–Kier alpha value is -1.88. The van der Waals surface area contributed by atoms with Gasteiger partial charge in [-0.05, 0) is 37.7 Å². The van der Waals surface area contributed by atoms with Gasteiger partial charge in [-0.1, -0.05) is 95.0 Å². The number of esters is 1. The molecular weight excluding hydrogens is 404 g/mol. The third kappa shape index (κ3) is 15.0. The lowest BCUT2D eigenvalue weighted by atomic mass is 10.0. The molecule has 0 saturated carbocycles. The highest BCUT2D eigenvalue weighted by Gasteiger charge is 2.18. The molecule has 1 aromatic rings. The number of carboxylic acids is 1. The van der Waals surface area contributed by atoms with Gasteiger partial charge in [-0.15, -0.1) is 0 Å². The summed E-state index contributed by atoms with van der Waals surface area (Å²) in [4.78, 5) is 22.9. The second kappa shape index (κ2) is 18.7. The summed E-state index contributed by atoms with van der Waals surface area (Å²) in [5, 5.41) is 9.40. The molecule has 1 rings (SSSR count). The molecule has 32 heavy (non-hydrogen) atoms. The average molecular weight is 449 g/mol. The minimum absolute atomic E-state index is 0.0177. The molecule has 0 aromatic heterocycles. The summed E-state index contributed by atoms with van der Waals surface area (Å²) in [6.45, 7) is 4.04. The largest absolute Gasteiger partial charge is 0.479 e. The summed E-state index contributed by atoms with van der Waals surface area (Å²) in [5.41, 5.74) is 0.983. The van der Waals surface area contributed by atoms with E-state index in [1.54, 1.807) is 0 Å². The second-order valence-corrected chi connectivity index (χ2v) is 8.76. The van der Waals surface area contributed by atoms with Crippen LogP contribution in [0.15, 0.2) is 30.3 Å². The molecule has 5 heteroatoms. The summed E-state index contributed by atoms with van der Waals surface area (Å²) >= 11 is 0. The first kappa shape index (κ1) is 28.2. The Morgan fingerprint density at radius 2 is 1.34 bits per heavy atom. The zero-order valence-corrected chi connectivity index (χ0v) is 20.2. The van der Waals surface area contributed by atoms with E-state index in [1.165, 1.54) is 45.4 Å². The minimum atomic E-state index is -0.898. The molecular formula is C27H44O5. The number of carboxylic acid groups (broad SMARTS) is 1. The third-order valence-electron chi connectivity index (χ3n) is 5.77. The van der Waals surface area contributed by atoms with Gasteiger partial charge in [0.15, 0.2) is 6.10 Å². The molecule has 182 valence electrons. The van der Waals surface area contributed by atoms with E-state index >= 15 is 0 Å². The van der Waals surface area contributed by atoms with Crippen molar-refractivity contribution in [3.8, 4) is 0 Å². The van der Waals surface area contributed by atoms with Crippen LogP contribution in [-0.2, 0) is 25.7 Å². The Balaban J connectivity index is 2.17. The van der Waals surface area contributed by atoms with E-state index in [9.17, 15) is 14.7 Å². The molecule has 0 heterocycles. The Morgan fingerprint density at radius 1 is 0.812 bits per heavy atom.